The maximum atomic E-state index is 3.59. The Bertz CT molecular complexity index is 381. The van der Waals surface area contributed by atoms with Gasteiger partial charge in [-0.1, -0.05) is 18.2 Å². The van der Waals surface area contributed by atoms with E-state index in [0.29, 0.717) is 0 Å². The third kappa shape index (κ3) is 4.96. The van der Waals surface area contributed by atoms with Crippen LogP contribution in [0.25, 0.3) is 0 Å². The van der Waals surface area contributed by atoms with Gasteiger partial charge in [-0.3, -0.25) is 0 Å². The van der Waals surface area contributed by atoms with Crippen LogP contribution in [0.5, 0.6) is 0 Å². The van der Waals surface area contributed by atoms with Gasteiger partial charge in [0.15, 0.2) is 0 Å². The number of benzene rings is 1. The molecule has 2 heteroatoms. The lowest BCUT2D eigenvalue weighted by Crippen LogP contribution is -2.30. The molecule has 0 atom stereocenters. The highest BCUT2D eigenvalue weighted by atomic mass is 14.9. The minimum Gasteiger partial charge on any atom is -0.317 e. The van der Waals surface area contributed by atoms with Crippen LogP contribution in [-0.2, 0) is 6.42 Å². The van der Waals surface area contributed by atoms with E-state index in [4.69, 9.17) is 0 Å². The molecule has 2 nitrogen and oxygen atoms in total. The number of hydrogen-bond acceptors (Lipinski definition) is 2. The normalized spacial score (nSPS) is 16.7. The van der Waals surface area contributed by atoms with Gasteiger partial charge in [-0.2, -0.15) is 0 Å². The first kappa shape index (κ1) is 14.5. The molecule has 0 aromatic heterocycles. The van der Waals surface area contributed by atoms with Crippen molar-refractivity contribution in [2.75, 3.05) is 26.2 Å². The second-order valence-electron chi connectivity index (χ2n) is 5.90. The fourth-order valence-electron chi connectivity index (χ4n) is 2.79. The van der Waals surface area contributed by atoms with Crippen molar-refractivity contribution in [3.63, 3.8) is 0 Å². The lowest BCUT2D eigenvalue weighted by atomic mass is 9.95. The van der Waals surface area contributed by atoms with E-state index in [0.717, 1.165) is 18.9 Å². The first-order chi connectivity index (χ1) is 9.25. The van der Waals surface area contributed by atoms with Gasteiger partial charge in [-0.15, -0.1) is 0 Å². The summed E-state index contributed by atoms with van der Waals surface area (Å²) in [6, 6.07) is 6.82. The SMILES string of the molecule is Cc1ccc(CCNCCC2CCNCC2)cc1C. The van der Waals surface area contributed by atoms with Crippen molar-refractivity contribution >= 4 is 0 Å². The molecule has 1 heterocycles. The Kier molecular flexibility index (Phi) is 5.87. The van der Waals surface area contributed by atoms with Crippen LogP contribution in [0.4, 0.5) is 0 Å². The summed E-state index contributed by atoms with van der Waals surface area (Å²) < 4.78 is 0. The maximum absolute atomic E-state index is 3.59. The van der Waals surface area contributed by atoms with E-state index in [1.54, 1.807) is 0 Å². The van der Waals surface area contributed by atoms with Crippen LogP contribution in [0, 0.1) is 19.8 Å². The molecule has 0 radical (unpaired) electrons. The van der Waals surface area contributed by atoms with Crippen molar-refractivity contribution in [2.24, 2.45) is 5.92 Å². The summed E-state index contributed by atoms with van der Waals surface area (Å²) in [6.45, 7) is 9.09. The first-order valence-corrected chi connectivity index (χ1v) is 7.73. The summed E-state index contributed by atoms with van der Waals surface area (Å²) in [7, 11) is 0. The molecule has 1 aromatic carbocycles. The number of nitrogens with one attached hydrogen (secondary N) is 2. The van der Waals surface area contributed by atoms with Crippen LogP contribution in [0.15, 0.2) is 18.2 Å². The molecule has 1 fully saturated rings. The first-order valence-electron chi connectivity index (χ1n) is 7.73. The summed E-state index contributed by atoms with van der Waals surface area (Å²) in [5, 5.41) is 7.02. The topological polar surface area (TPSA) is 24.1 Å². The molecule has 0 saturated carbocycles. The third-order valence-electron chi connectivity index (χ3n) is 4.35. The molecule has 0 aliphatic carbocycles. The molecular weight excluding hydrogens is 232 g/mol. The number of rotatable bonds is 6. The zero-order valence-corrected chi connectivity index (χ0v) is 12.5. The van der Waals surface area contributed by atoms with Crippen molar-refractivity contribution in [2.45, 2.75) is 39.5 Å². The Morgan fingerprint density at radius 2 is 1.89 bits per heavy atom. The molecule has 0 bridgehead atoms. The zero-order chi connectivity index (χ0) is 13.5. The van der Waals surface area contributed by atoms with Gasteiger partial charge in [-0.05, 0) is 88.3 Å². The van der Waals surface area contributed by atoms with Crippen LogP contribution in [0.3, 0.4) is 0 Å². The van der Waals surface area contributed by atoms with Crippen molar-refractivity contribution in [3.8, 4) is 0 Å². The van der Waals surface area contributed by atoms with Crippen LogP contribution < -0.4 is 10.6 Å². The van der Waals surface area contributed by atoms with E-state index in [9.17, 15) is 0 Å². The van der Waals surface area contributed by atoms with Crippen molar-refractivity contribution < 1.29 is 0 Å². The molecule has 1 saturated heterocycles. The van der Waals surface area contributed by atoms with Gasteiger partial charge >= 0.3 is 0 Å². The zero-order valence-electron chi connectivity index (χ0n) is 12.5. The summed E-state index contributed by atoms with van der Waals surface area (Å²) in [5.41, 5.74) is 4.26. The van der Waals surface area contributed by atoms with E-state index in [1.807, 2.05) is 0 Å². The Morgan fingerprint density at radius 1 is 1.11 bits per heavy atom. The number of hydrogen-bond donors (Lipinski definition) is 2. The largest absolute Gasteiger partial charge is 0.317 e. The second-order valence-corrected chi connectivity index (χ2v) is 5.90. The second kappa shape index (κ2) is 7.66. The number of aryl methyl sites for hydroxylation is 2. The Morgan fingerprint density at radius 3 is 2.63 bits per heavy atom. The van der Waals surface area contributed by atoms with E-state index < -0.39 is 0 Å². The molecule has 19 heavy (non-hydrogen) atoms. The maximum Gasteiger partial charge on any atom is -0.000835 e. The smallest absolute Gasteiger partial charge is 0.000835 e. The van der Waals surface area contributed by atoms with Crippen LogP contribution in [-0.4, -0.2) is 26.2 Å². The molecular formula is C17H28N2. The van der Waals surface area contributed by atoms with Gasteiger partial charge in [0.1, 0.15) is 0 Å². The molecule has 0 unspecified atom stereocenters. The minimum atomic E-state index is 0.940. The standard InChI is InChI=1S/C17H28N2/c1-14-3-4-17(13-15(14)2)8-12-19-11-7-16-5-9-18-10-6-16/h3-4,13,16,18-19H,5-12H2,1-2H3. The van der Waals surface area contributed by atoms with Gasteiger partial charge in [0.2, 0.25) is 0 Å². The van der Waals surface area contributed by atoms with E-state index in [1.165, 1.54) is 55.6 Å². The highest BCUT2D eigenvalue weighted by Crippen LogP contribution is 2.14. The Hall–Kier alpha value is -0.860. The van der Waals surface area contributed by atoms with Crippen molar-refractivity contribution in [1.82, 2.24) is 10.6 Å². The summed E-state index contributed by atoms with van der Waals surface area (Å²) in [6.07, 6.45) is 5.21. The fraction of sp³-hybridized carbons (Fsp3) is 0.647. The molecule has 1 aliphatic rings. The van der Waals surface area contributed by atoms with Gasteiger partial charge in [0.05, 0.1) is 0 Å². The Balaban J connectivity index is 1.59. The predicted octanol–water partition coefficient (Wildman–Crippen LogP) is 2.83. The van der Waals surface area contributed by atoms with E-state index in [2.05, 4.69) is 42.7 Å². The van der Waals surface area contributed by atoms with Gasteiger partial charge in [0, 0.05) is 0 Å². The van der Waals surface area contributed by atoms with Gasteiger partial charge < -0.3 is 10.6 Å². The fourth-order valence-corrected chi connectivity index (χ4v) is 2.79. The van der Waals surface area contributed by atoms with Crippen molar-refractivity contribution in [3.05, 3.63) is 34.9 Å². The lowest BCUT2D eigenvalue weighted by molar-refractivity contribution is 0.349. The average molecular weight is 260 g/mol. The molecule has 0 spiro atoms. The number of piperidine rings is 1. The van der Waals surface area contributed by atoms with Crippen LogP contribution in [0.1, 0.15) is 36.0 Å². The average Bonchev–Trinajstić information content (AvgIpc) is 2.43. The molecule has 0 amide bonds. The molecule has 2 N–H and O–H groups in total. The van der Waals surface area contributed by atoms with Crippen LogP contribution >= 0.6 is 0 Å². The molecule has 1 aromatic rings. The molecule has 1 aliphatic heterocycles. The molecule has 106 valence electrons. The predicted molar refractivity (Wildman–Crippen MR) is 82.7 cm³/mol. The van der Waals surface area contributed by atoms with E-state index >= 15 is 0 Å². The van der Waals surface area contributed by atoms with Gasteiger partial charge in [0.25, 0.3) is 0 Å². The quantitative estimate of drug-likeness (QED) is 0.769. The summed E-state index contributed by atoms with van der Waals surface area (Å²) in [5.74, 6) is 0.940. The van der Waals surface area contributed by atoms with E-state index in [-0.39, 0.29) is 0 Å². The van der Waals surface area contributed by atoms with Crippen LogP contribution in [0.2, 0.25) is 0 Å². The summed E-state index contributed by atoms with van der Waals surface area (Å²) >= 11 is 0. The minimum absolute atomic E-state index is 0.940. The highest BCUT2D eigenvalue weighted by Gasteiger charge is 2.11. The third-order valence-corrected chi connectivity index (χ3v) is 4.35. The van der Waals surface area contributed by atoms with Gasteiger partial charge in [-0.25, -0.2) is 0 Å². The summed E-state index contributed by atoms with van der Waals surface area (Å²) in [4.78, 5) is 0. The Labute approximate surface area is 118 Å². The van der Waals surface area contributed by atoms with Crippen molar-refractivity contribution in [1.29, 1.82) is 0 Å². The highest BCUT2D eigenvalue weighted by molar-refractivity contribution is 5.29. The monoisotopic (exact) mass is 260 g/mol. The molecule has 2 rings (SSSR count). The lowest BCUT2D eigenvalue weighted by Gasteiger charge is -2.22.